The Morgan fingerprint density at radius 3 is 0.600 bits per heavy atom. The van der Waals surface area contributed by atoms with E-state index in [2.05, 4.69) is 0 Å². The van der Waals surface area contributed by atoms with Crippen molar-refractivity contribution in [3.05, 3.63) is 0 Å². The normalized spacial score (nSPS) is 0. The molecule has 0 fully saturated rings. The fraction of sp³-hybridized carbons (Fsp3) is 0. The monoisotopic (exact) mass is 196 g/mol. The summed E-state index contributed by atoms with van der Waals surface area (Å²) >= 11 is 0. The van der Waals surface area contributed by atoms with E-state index in [1.807, 2.05) is 0 Å². The zero-order valence-electron chi connectivity index (χ0n) is 3.05. The first-order valence-corrected chi connectivity index (χ1v) is 0. The average molecular weight is 195 g/mol. The Kier molecular flexibility index (Phi) is 451. The molecule has 0 aliphatic heterocycles. The Balaban J connectivity index is 0. The van der Waals surface area contributed by atoms with Gasteiger partial charge < -0.3 is 16.4 Å². The Bertz CT molecular complexity index is 6.85. The van der Waals surface area contributed by atoms with Crippen molar-refractivity contribution in [2.75, 3.05) is 0 Å². The van der Waals surface area contributed by atoms with Crippen molar-refractivity contribution in [1.82, 2.24) is 0 Å². The van der Waals surface area contributed by atoms with E-state index in [0.717, 1.165) is 0 Å². The van der Waals surface area contributed by atoms with Crippen molar-refractivity contribution < 1.29 is 35.3 Å². The van der Waals surface area contributed by atoms with Crippen LogP contribution in [-0.2, 0) is 0 Å². The van der Waals surface area contributed by atoms with Crippen molar-refractivity contribution in [2.24, 2.45) is 0 Å². The first-order chi connectivity index (χ1) is 0. The maximum atomic E-state index is 0. The summed E-state index contributed by atoms with van der Waals surface area (Å²) in [7, 11) is 0. The molecule has 0 radical (unpaired) electrons. The predicted octanol–water partition coefficient (Wildman–Crippen LogP) is -3.91. The van der Waals surface area contributed by atoms with Crippen LogP contribution >= 0.6 is 0 Å². The largest absolute Gasteiger partial charge is 2.00 e. The molecule has 0 amide bonds. The molecule has 0 spiro atoms. The number of rotatable bonds is 0. The van der Waals surface area contributed by atoms with Gasteiger partial charge in [0.25, 0.3) is 0 Å². The van der Waals surface area contributed by atoms with Gasteiger partial charge in [-0.1, -0.05) is 0 Å². The summed E-state index contributed by atoms with van der Waals surface area (Å²) in [6.45, 7) is 0. The molecule has 0 heterocycles. The SMILES string of the molecule is [Ba+2].[Li+].[OH-].[OH-].[OH-]. The van der Waals surface area contributed by atoms with E-state index in [1.54, 1.807) is 0 Å². The van der Waals surface area contributed by atoms with Gasteiger partial charge in [-0.2, -0.15) is 0 Å². The van der Waals surface area contributed by atoms with E-state index in [4.69, 9.17) is 0 Å². The summed E-state index contributed by atoms with van der Waals surface area (Å²) in [5, 5.41) is 0. The second kappa shape index (κ2) is 36.7. The van der Waals surface area contributed by atoms with Crippen LogP contribution in [0.2, 0.25) is 0 Å². The predicted molar refractivity (Wildman–Crippen MR) is 11.6 cm³/mol. The van der Waals surface area contributed by atoms with Crippen molar-refractivity contribution >= 4 is 48.9 Å². The summed E-state index contributed by atoms with van der Waals surface area (Å²) in [5.74, 6) is 0. The van der Waals surface area contributed by atoms with Gasteiger partial charge in [-0.3, -0.25) is 0 Å². The van der Waals surface area contributed by atoms with Gasteiger partial charge in [-0.05, 0) is 0 Å². The fourth-order valence-corrected chi connectivity index (χ4v) is 0. The molecular formula is H3BaLiO3. The topological polar surface area (TPSA) is 90.0 Å². The van der Waals surface area contributed by atoms with Crippen LogP contribution in [0.3, 0.4) is 0 Å². The van der Waals surface area contributed by atoms with E-state index >= 15 is 0 Å². The molecule has 3 N–H and O–H groups in total. The average Bonchev–Trinajstić information content (AvgIpc) is 0. The third-order valence-corrected chi connectivity index (χ3v) is 0. The van der Waals surface area contributed by atoms with Crippen LogP contribution in [0.1, 0.15) is 0 Å². The molecule has 0 saturated carbocycles. The van der Waals surface area contributed by atoms with Crippen LogP contribution in [-0.4, -0.2) is 65.3 Å². The maximum Gasteiger partial charge on any atom is 2.00 e. The molecule has 0 aliphatic carbocycles. The van der Waals surface area contributed by atoms with Gasteiger partial charge in [0.05, 0.1) is 0 Å². The smallest absolute Gasteiger partial charge is 0.870 e. The molecule has 0 aromatic carbocycles. The van der Waals surface area contributed by atoms with Crippen molar-refractivity contribution in [3.8, 4) is 0 Å². The summed E-state index contributed by atoms with van der Waals surface area (Å²) in [4.78, 5) is 0. The number of hydrogen-bond acceptors (Lipinski definition) is 3. The molecule has 0 rings (SSSR count). The summed E-state index contributed by atoms with van der Waals surface area (Å²) in [5.41, 5.74) is 0. The van der Waals surface area contributed by atoms with E-state index in [9.17, 15) is 0 Å². The molecule has 0 atom stereocenters. The second-order valence-electron chi connectivity index (χ2n) is 0. The molecule has 0 unspecified atom stereocenters. The first kappa shape index (κ1) is 61.4. The Hall–Kier alpha value is 2.05. The maximum absolute atomic E-state index is 0. The van der Waals surface area contributed by atoms with Gasteiger partial charge in [-0.25, -0.2) is 0 Å². The van der Waals surface area contributed by atoms with E-state index in [-0.39, 0.29) is 84.2 Å². The summed E-state index contributed by atoms with van der Waals surface area (Å²) in [6, 6.07) is 0. The molecule has 0 aromatic rings. The minimum absolute atomic E-state index is 0. The molecule has 0 saturated heterocycles. The minimum Gasteiger partial charge on any atom is -0.870 e. The molecule has 3 nitrogen and oxygen atoms in total. The molecule has 0 aromatic heterocycles. The zero-order valence-corrected chi connectivity index (χ0v) is 7.49. The van der Waals surface area contributed by atoms with E-state index in [1.165, 1.54) is 0 Å². The zero-order chi connectivity index (χ0) is 0. The molecule has 5 heteroatoms. The van der Waals surface area contributed by atoms with Crippen LogP contribution in [0.5, 0.6) is 0 Å². The Labute approximate surface area is 82.7 Å². The van der Waals surface area contributed by atoms with Crippen LogP contribution in [0, 0.1) is 0 Å². The standard InChI is InChI=1S/Ba.Li.3H2O/h;;3*1H2/q+2;+1;;;/p-3. The van der Waals surface area contributed by atoms with Gasteiger partial charge in [0.15, 0.2) is 0 Å². The molecule has 24 valence electrons. The summed E-state index contributed by atoms with van der Waals surface area (Å²) < 4.78 is 0. The van der Waals surface area contributed by atoms with Crippen LogP contribution < -0.4 is 18.9 Å². The summed E-state index contributed by atoms with van der Waals surface area (Å²) in [6.07, 6.45) is 0. The van der Waals surface area contributed by atoms with Crippen molar-refractivity contribution in [1.29, 1.82) is 0 Å². The molecule has 0 aliphatic rings. The van der Waals surface area contributed by atoms with Gasteiger partial charge in [0.2, 0.25) is 0 Å². The van der Waals surface area contributed by atoms with E-state index < -0.39 is 0 Å². The third-order valence-electron chi connectivity index (χ3n) is 0. The second-order valence-corrected chi connectivity index (χ2v) is 0. The molecule has 5 heavy (non-hydrogen) atoms. The van der Waals surface area contributed by atoms with Crippen molar-refractivity contribution in [2.45, 2.75) is 0 Å². The Morgan fingerprint density at radius 1 is 0.600 bits per heavy atom. The third kappa shape index (κ3) is 23.6. The van der Waals surface area contributed by atoms with Crippen molar-refractivity contribution in [3.63, 3.8) is 0 Å². The van der Waals surface area contributed by atoms with Gasteiger partial charge in [0.1, 0.15) is 0 Å². The van der Waals surface area contributed by atoms with Gasteiger partial charge >= 0.3 is 67.7 Å². The van der Waals surface area contributed by atoms with Crippen LogP contribution in [0.25, 0.3) is 0 Å². The molecular weight excluding hydrogens is 192 g/mol. The fourth-order valence-electron chi connectivity index (χ4n) is 0. The Morgan fingerprint density at radius 2 is 0.600 bits per heavy atom. The van der Waals surface area contributed by atoms with Gasteiger partial charge in [-0.15, -0.1) is 0 Å². The molecule has 0 bridgehead atoms. The number of hydrogen-bond donors (Lipinski definition) is 0. The minimum atomic E-state index is 0. The van der Waals surface area contributed by atoms with E-state index in [0.29, 0.717) is 0 Å². The van der Waals surface area contributed by atoms with Gasteiger partial charge in [0, 0.05) is 0 Å². The van der Waals surface area contributed by atoms with Crippen LogP contribution in [0.4, 0.5) is 0 Å². The van der Waals surface area contributed by atoms with Crippen LogP contribution in [0.15, 0.2) is 0 Å². The first-order valence-electron chi connectivity index (χ1n) is 0. The quantitative estimate of drug-likeness (QED) is 0.370.